The molecule has 1 amide bonds. The standard InChI is InChI=1S/C47H48F2N8O5S2/c1-31(32-10-7-6-8-11-32)57(40-29-36(21-23-51-40)45-43(34-14-18-38(49)19-15-34)54-47(64(5)60)56(45)25-27-62-3)30-41(58)52-39-28-35(20-22-50-39)44-42(33-12-16-37(48)17-13-33)53-46(63(4)59)55(44)24-9-26-61-2/h6-8,10-23,28-29,31H,9,24-27,30H2,1-5H3,(H,50,52,58). The van der Waals surface area contributed by atoms with E-state index in [0.717, 1.165) is 5.56 Å². The largest absolute Gasteiger partial charge is 0.609 e. The Labute approximate surface area is 376 Å². The Morgan fingerprint density at radius 1 is 0.719 bits per heavy atom. The van der Waals surface area contributed by atoms with Crippen LogP contribution in [0.4, 0.5) is 20.4 Å². The number of amides is 1. The zero-order chi connectivity index (χ0) is 45.3. The monoisotopic (exact) mass is 906 g/mol. The first-order valence-corrected chi connectivity index (χ1v) is 23.5. The van der Waals surface area contributed by atoms with Crippen LogP contribution in [0.2, 0.25) is 0 Å². The number of ether oxygens (including phenoxy) is 2. The van der Waals surface area contributed by atoms with Crippen LogP contribution in [-0.2, 0) is 49.7 Å². The predicted molar refractivity (Wildman–Crippen MR) is 246 cm³/mol. The maximum atomic E-state index is 14.3. The average Bonchev–Trinajstić information content (AvgIpc) is 3.88. The fourth-order valence-corrected chi connectivity index (χ4v) is 8.93. The van der Waals surface area contributed by atoms with Gasteiger partial charge < -0.3 is 28.8 Å². The highest BCUT2D eigenvalue weighted by molar-refractivity contribution is 7.90. The third-order valence-corrected chi connectivity index (χ3v) is 12.2. The van der Waals surface area contributed by atoms with Crippen LogP contribution < -0.4 is 10.2 Å². The lowest BCUT2D eigenvalue weighted by molar-refractivity contribution is -0.115. The molecule has 7 aromatic rings. The molecular formula is C47H48F2N8O5S2. The number of hydrogen-bond acceptors (Lipinski definition) is 10. The van der Waals surface area contributed by atoms with Gasteiger partial charge in [-0.2, -0.15) is 9.97 Å². The molecule has 0 saturated carbocycles. The van der Waals surface area contributed by atoms with Crippen molar-refractivity contribution in [3.63, 3.8) is 0 Å². The highest BCUT2D eigenvalue weighted by Crippen LogP contribution is 2.38. The SMILES string of the molecule is COCCCn1c([S+](C)[O-])nc(-c2ccc(F)cc2)c1-c1ccnc(NC(=O)CN(c2cc(-c3c(-c4ccc(F)cc4)nc([S+](C)[O-])n3CCOC)ccn2)C(C)c2ccccc2)c1. The Morgan fingerprint density at radius 3 is 1.80 bits per heavy atom. The van der Waals surface area contributed by atoms with E-state index in [1.165, 1.54) is 24.3 Å². The van der Waals surface area contributed by atoms with Gasteiger partial charge in [-0.3, -0.25) is 13.9 Å². The van der Waals surface area contributed by atoms with Gasteiger partial charge >= 0.3 is 10.3 Å². The number of pyridine rings is 2. The van der Waals surface area contributed by atoms with Gasteiger partial charge in [0, 0.05) is 84.4 Å². The number of hydrogen-bond donors (Lipinski definition) is 1. The molecule has 0 saturated heterocycles. The Morgan fingerprint density at radius 2 is 1.25 bits per heavy atom. The molecule has 0 spiro atoms. The van der Waals surface area contributed by atoms with Crippen molar-refractivity contribution in [1.29, 1.82) is 0 Å². The molecule has 0 radical (unpaired) electrons. The number of halogens is 2. The fourth-order valence-electron chi connectivity index (χ4n) is 7.51. The second kappa shape index (κ2) is 21.2. The Hall–Kier alpha value is -5.95. The van der Waals surface area contributed by atoms with Crippen LogP contribution >= 0.6 is 0 Å². The average molecular weight is 907 g/mol. The second-order valence-electron chi connectivity index (χ2n) is 14.8. The lowest BCUT2D eigenvalue weighted by atomic mass is 10.0. The fraction of sp³-hybridized carbons (Fsp3) is 0.255. The van der Waals surface area contributed by atoms with E-state index in [4.69, 9.17) is 24.4 Å². The highest BCUT2D eigenvalue weighted by Gasteiger charge is 2.29. The van der Waals surface area contributed by atoms with Gasteiger partial charge in [0.05, 0.1) is 37.1 Å². The summed E-state index contributed by atoms with van der Waals surface area (Å²) in [4.78, 5) is 35.1. The number of nitrogens with zero attached hydrogens (tertiary/aromatic N) is 7. The van der Waals surface area contributed by atoms with Crippen molar-refractivity contribution >= 4 is 39.9 Å². The first-order chi connectivity index (χ1) is 31.0. The molecule has 3 atom stereocenters. The summed E-state index contributed by atoms with van der Waals surface area (Å²) in [5, 5.41) is 3.66. The second-order valence-corrected chi connectivity index (χ2v) is 17.4. The van der Waals surface area contributed by atoms with E-state index in [2.05, 4.69) is 10.3 Å². The van der Waals surface area contributed by atoms with Gasteiger partial charge in [-0.05, 0) is 91.7 Å². The third-order valence-electron chi connectivity index (χ3n) is 10.5. The molecule has 0 aliphatic rings. The van der Waals surface area contributed by atoms with Crippen LogP contribution in [0, 0.1) is 11.6 Å². The topological polar surface area (TPSA) is 158 Å². The molecular weight excluding hydrogens is 859 g/mol. The number of benzene rings is 3. The summed E-state index contributed by atoms with van der Waals surface area (Å²) in [6, 6.07) is 28.5. The molecule has 0 aliphatic heterocycles. The molecule has 0 aliphatic carbocycles. The number of rotatable bonds is 19. The van der Waals surface area contributed by atoms with Gasteiger partial charge in [0.1, 0.15) is 47.2 Å². The summed E-state index contributed by atoms with van der Waals surface area (Å²) < 4.78 is 68.9. The molecule has 3 aromatic carbocycles. The van der Waals surface area contributed by atoms with E-state index in [-0.39, 0.29) is 24.3 Å². The molecule has 332 valence electrons. The summed E-state index contributed by atoms with van der Waals surface area (Å²) in [5.41, 5.74) is 5.78. The molecule has 0 bridgehead atoms. The number of methoxy groups -OCH3 is 2. The lowest BCUT2D eigenvalue weighted by Gasteiger charge is -2.30. The summed E-state index contributed by atoms with van der Waals surface area (Å²) in [7, 11) is 3.20. The van der Waals surface area contributed by atoms with Crippen molar-refractivity contribution in [2.45, 2.75) is 42.8 Å². The van der Waals surface area contributed by atoms with Gasteiger partial charge in [-0.1, -0.05) is 30.3 Å². The Bertz CT molecular complexity index is 2660. The number of carbonyl (C=O) groups is 1. The van der Waals surface area contributed by atoms with E-state index in [1.807, 2.05) is 63.4 Å². The first-order valence-electron chi connectivity index (χ1n) is 20.4. The molecule has 0 fully saturated rings. The van der Waals surface area contributed by atoms with Crippen LogP contribution in [-0.4, -0.2) is 90.6 Å². The summed E-state index contributed by atoms with van der Waals surface area (Å²) in [6.07, 6.45) is 6.95. The van der Waals surface area contributed by atoms with Crippen molar-refractivity contribution in [3.8, 4) is 45.0 Å². The number of carbonyl (C=O) groups excluding carboxylic acids is 1. The molecule has 17 heteroatoms. The highest BCUT2D eigenvalue weighted by atomic mass is 32.2. The Kier molecular flexibility index (Phi) is 15.2. The van der Waals surface area contributed by atoms with Gasteiger partial charge in [-0.25, -0.2) is 18.7 Å². The van der Waals surface area contributed by atoms with Crippen molar-refractivity contribution in [1.82, 2.24) is 29.1 Å². The van der Waals surface area contributed by atoms with Gasteiger partial charge in [0.25, 0.3) is 0 Å². The van der Waals surface area contributed by atoms with Crippen LogP contribution in [0.5, 0.6) is 0 Å². The smallest absolute Gasteiger partial charge is 0.324 e. The van der Waals surface area contributed by atoms with E-state index in [1.54, 1.807) is 75.5 Å². The van der Waals surface area contributed by atoms with Crippen molar-refractivity contribution in [2.24, 2.45) is 0 Å². The molecule has 3 unspecified atom stereocenters. The Balaban J connectivity index is 1.27. The lowest BCUT2D eigenvalue weighted by Crippen LogP contribution is -2.36. The van der Waals surface area contributed by atoms with Crippen LogP contribution in [0.1, 0.15) is 24.9 Å². The van der Waals surface area contributed by atoms with Crippen LogP contribution in [0.25, 0.3) is 45.0 Å². The summed E-state index contributed by atoms with van der Waals surface area (Å²) in [6.45, 7) is 3.38. The number of nitrogens with one attached hydrogen (secondary N) is 1. The maximum Gasteiger partial charge on any atom is 0.324 e. The predicted octanol–water partition coefficient (Wildman–Crippen LogP) is 8.18. The van der Waals surface area contributed by atoms with E-state index in [0.29, 0.717) is 93.9 Å². The molecule has 13 nitrogen and oxygen atoms in total. The van der Waals surface area contributed by atoms with Crippen molar-refractivity contribution < 1.29 is 32.2 Å². The first kappa shape index (κ1) is 46.1. The van der Waals surface area contributed by atoms with Crippen molar-refractivity contribution in [2.75, 3.05) is 56.7 Å². The molecule has 64 heavy (non-hydrogen) atoms. The number of anilines is 2. The van der Waals surface area contributed by atoms with Gasteiger partial charge in [0.15, 0.2) is 0 Å². The normalized spacial score (nSPS) is 12.8. The summed E-state index contributed by atoms with van der Waals surface area (Å²) >= 11 is -2.97. The van der Waals surface area contributed by atoms with Crippen LogP contribution in [0.3, 0.4) is 0 Å². The number of aromatic nitrogens is 6. The minimum atomic E-state index is -1.49. The molecule has 7 rings (SSSR count). The van der Waals surface area contributed by atoms with Crippen LogP contribution in [0.15, 0.2) is 126 Å². The molecule has 1 N–H and O–H groups in total. The van der Waals surface area contributed by atoms with Gasteiger partial charge in [-0.15, -0.1) is 0 Å². The number of imidazole rings is 2. The zero-order valence-electron chi connectivity index (χ0n) is 36.0. The van der Waals surface area contributed by atoms with E-state index < -0.39 is 34.0 Å². The zero-order valence-corrected chi connectivity index (χ0v) is 37.7. The minimum absolute atomic E-state index is 0.148. The van der Waals surface area contributed by atoms with E-state index >= 15 is 0 Å². The quantitative estimate of drug-likeness (QED) is 0.0620. The maximum absolute atomic E-state index is 14.3. The van der Waals surface area contributed by atoms with Crippen molar-refractivity contribution in [3.05, 3.63) is 133 Å². The van der Waals surface area contributed by atoms with Gasteiger partial charge in [0.2, 0.25) is 5.91 Å². The molecule has 4 heterocycles. The van der Waals surface area contributed by atoms with E-state index in [9.17, 15) is 22.7 Å². The third kappa shape index (κ3) is 10.5. The minimum Gasteiger partial charge on any atom is -0.609 e. The molecule has 4 aromatic heterocycles. The summed E-state index contributed by atoms with van der Waals surface area (Å²) in [5.74, 6) is -0.455.